The average molecular weight is 592 g/mol. The molecule has 4 aromatic rings. The third kappa shape index (κ3) is 6.09. The van der Waals surface area contributed by atoms with E-state index in [9.17, 15) is 18.0 Å². The zero-order valence-electron chi connectivity index (χ0n) is 23.7. The van der Waals surface area contributed by atoms with E-state index in [2.05, 4.69) is 15.1 Å². The lowest BCUT2D eigenvalue weighted by molar-refractivity contribution is 0.102. The second-order valence-corrected chi connectivity index (χ2v) is 12.0. The van der Waals surface area contributed by atoms with E-state index in [0.29, 0.717) is 55.1 Å². The topological polar surface area (TPSA) is 132 Å². The maximum Gasteiger partial charge on any atom is 0.276 e. The van der Waals surface area contributed by atoms with Crippen molar-refractivity contribution in [2.75, 3.05) is 48.4 Å². The number of sulfonamides is 1. The summed E-state index contributed by atoms with van der Waals surface area (Å²) in [6.45, 7) is 6.20. The molecule has 2 N–H and O–H groups in total. The SMILES string of the molecule is COc1ccccc1NS(=O)(=O)c1cc(NC(=O)c2nn(CC(C)C)c(=O)c3ccccc23)ccc1N1CCOCC1. The smallest absolute Gasteiger partial charge is 0.276 e. The van der Waals surface area contributed by atoms with E-state index < -0.39 is 15.9 Å². The van der Waals surface area contributed by atoms with E-state index in [1.807, 2.05) is 18.7 Å². The summed E-state index contributed by atoms with van der Waals surface area (Å²) in [6, 6.07) is 18.3. The Kier molecular flexibility index (Phi) is 8.46. The molecule has 42 heavy (non-hydrogen) atoms. The number of carbonyl (C=O) groups excluding carboxylic acids is 1. The number of amides is 1. The van der Waals surface area contributed by atoms with Gasteiger partial charge in [-0.1, -0.05) is 44.2 Å². The number of hydrogen-bond acceptors (Lipinski definition) is 8. The van der Waals surface area contributed by atoms with Gasteiger partial charge in [0.1, 0.15) is 10.6 Å². The van der Waals surface area contributed by atoms with Crippen LogP contribution in [0, 0.1) is 5.92 Å². The van der Waals surface area contributed by atoms with Crippen molar-refractivity contribution in [3.8, 4) is 5.75 Å². The van der Waals surface area contributed by atoms with Crippen LogP contribution in [0.5, 0.6) is 5.75 Å². The Labute approximate surface area is 244 Å². The Morgan fingerprint density at radius 2 is 1.71 bits per heavy atom. The number of nitrogens with zero attached hydrogens (tertiary/aromatic N) is 3. The molecule has 0 atom stereocenters. The van der Waals surface area contributed by atoms with Crippen LogP contribution in [-0.4, -0.2) is 57.5 Å². The molecule has 0 aliphatic carbocycles. The number of anilines is 3. The lowest BCUT2D eigenvalue weighted by Crippen LogP contribution is -2.37. The standard InChI is InChI=1S/C30H33N5O6S/c1-20(2)19-35-30(37)23-9-5-4-8-22(23)28(32-35)29(36)31-21-12-13-25(34-14-16-41-17-15-34)27(18-21)42(38,39)33-24-10-6-7-11-26(24)40-3/h4-13,18,20,33H,14-17,19H2,1-3H3,(H,31,36). The van der Waals surface area contributed by atoms with Crippen molar-refractivity contribution in [3.05, 3.63) is 82.8 Å². The van der Waals surface area contributed by atoms with Crippen LogP contribution in [0.4, 0.5) is 17.1 Å². The fraction of sp³-hybridized carbons (Fsp3) is 0.300. The van der Waals surface area contributed by atoms with Crippen molar-refractivity contribution < 1.29 is 22.7 Å². The predicted octanol–water partition coefficient (Wildman–Crippen LogP) is 3.95. The van der Waals surface area contributed by atoms with E-state index in [-0.39, 0.29) is 33.4 Å². The third-order valence-corrected chi connectivity index (χ3v) is 8.23. The maximum atomic E-state index is 13.8. The molecule has 0 bridgehead atoms. The van der Waals surface area contributed by atoms with Crippen LogP contribution < -0.4 is 25.2 Å². The molecule has 2 heterocycles. The zero-order chi connectivity index (χ0) is 29.9. The Morgan fingerprint density at radius 1 is 1.02 bits per heavy atom. The fourth-order valence-electron chi connectivity index (χ4n) is 4.86. The van der Waals surface area contributed by atoms with Crippen molar-refractivity contribution in [3.63, 3.8) is 0 Å². The minimum absolute atomic E-state index is 0.0179. The summed E-state index contributed by atoms with van der Waals surface area (Å²) in [6.07, 6.45) is 0. The highest BCUT2D eigenvalue weighted by atomic mass is 32.2. The largest absolute Gasteiger partial charge is 0.495 e. The molecular formula is C30H33N5O6S. The molecule has 1 aliphatic rings. The van der Waals surface area contributed by atoms with Gasteiger partial charge < -0.3 is 19.7 Å². The number of carbonyl (C=O) groups is 1. The Bertz CT molecular complexity index is 1780. The van der Waals surface area contributed by atoms with Crippen LogP contribution in [0.1, 0.15) is 24.3 Å². The van der Waals surface area contributed by atoms with Gasteiger partial charge in [0.25, 0.3) is 21.5 Å². The monoisotopic (exact) mass is 591 g/mol. The molecule has 12 heteroatoms. The van der Waals surface area contributed by atoms with Crippen molar-refractivity contribution in [2.24, 2.45) is 5.92 Å². The predicted molar refractivity (Wildman–Crippen MR) is 162 cm³/mol. The number of benzene rings is 3. The van der Waals surface area contributed by atoms with Crippen LogP contribution in [0.3, 0.4) is 0 Å². The molecule has 5 rings (SSSR count). The second-order valence-electron chi connectivity index (χ2n) is 10.3. The summed E-state index contributed by atoms with van der Waals surface area (Å²) >= 11 is 0. The summed E-state index contributed by atoms with van der Waals surface area (Å²) in [4.78, 5) is 28.5. The number of morpholine rings is 1. The van der Waals surface area contributed by atoms with Crippen molar-refractivity contribution in [1.29, 1.82) is 0 Å². The molecule has 0 saturated carbocycles. The fourth-order valence-corrected chi connectivity index (χ4v) is 6.19. The number of ether oxygens (including phenoxy) is 2. The number of aromatic nitrogens is 2. The molecule has 0 spiro atoms. The first kappa shape index (κ1) is 29.1. The Morgan fingerprint density at radius 3 is 2.43 bits per heavy atom. The molecule has 11 nitrogen and oxygen atoms in total. The van der Waals surface area contributed by atoms with Gasteiger partial charge in [0, 0.05) is 30.7 Å². The first-order valence-electron chi connectivity index (χ1n) is 13.6. The van der Waals surface area contributed by atoms with Gasteiger partial charge in [-0.05, 0) is 42.3 Å². The van der Waals surface area contributed by atoms with Crippen LogP contribution in [0.2, 0.25) is 0 Å². The molecule has 1 saturated heterocycles. The van der Waals surface area contributed by atoms with Gasteiger partial charge in [-0.25, -0.2) is 13.1 Å². The van der Waals surface area contributed by atoms with E-state index in [1.54, 1.807) is 60.7 Å². The summed E-state index contributed by atoms with van der Waals surface area (Å²) in [5, 5.41) is 7.99. The van der Waals surface area contributed by atoms with Crippen LogP contribution in [0.15, 0.2) is 76.4 Å². The van der Waals surface area contributed by atoms with Crippen molar-refractivity contribution >= 4 is 43.8 Å². The molecule has 1 aliphatic heterocycles. The lowest BCUT2D eigenvalue weighted by atomic mass is 10.1. The highest BCUT2D eigenvalue weighted by Crippen LogP contribution is 2.33. The normalized spacial score (nSPS) is 13.8. The van der Waals surface area contributed by atoms with E-state index in [1.165, 1.54) is 17.9 Å². The number of nitrogens with one attached hydrogen (secondary N) is 2. The molecule has 1 amide bonds. The highest BCUT2D eigenvalue weighted by molar-refractivity contribution is 7.93. The summed E-state index contributed by atoms with van der Waals surface area (Å²) in [5.74, 6) is -0.0692. The molecule has 0 radical (unpaired) electrons. The first-order valence-corrected chi connectivity index (χ1v) is 15.1. The number of para-hydroxylation sites is 2. The van der Waals surface area contributed by atoms with Crippen LogP contribution in [-0.2, 0) is 21.3 Å². The zero-order valence-corrected chi connectivity index (χ0v) is 24.5. The van der Waals surface area contributed by atoms with Gasteiger partial charge >= 0.3 is 0 Å². The molecule has 3 aromatic carbocycles. The molecule has 1 fully saturated rings. The second kappa shape index (κ2) is 12.2. The van der Waals surface area contributed by atoms with Gasteiger partial charge in [0.05, 0.1) is 37.1 Å². The van der Waals surface area contributed by atoms with Gasteiger partial charge in [0.15, 0.2) is 5.69 Å². The first-order chi connectivity index (χ1) is 20.2. The van der Waals surface area contributed by atoms with Crippen molar-refractivity contribution in [2.45, 2.75) is 25.3 Å². The van der Waals surface area contributed by atoms with Gasteiger partial charge in [-0.3, -0.25) is 14.3 Å². The van der Waals surface area contributed by atoms with Crippen molar-refractivity contribution in [1.82, 2.24) is 9.78 Å². The van der Waals surface area contributed by atoms with Gasteiger partial charge in [-0.15, -0.1) is 0 Å². The summed E-state index contributed by atoms with van der Waals surface area (Å²) in [7, 11) is -2.67. The van der Waals surface area contributed by atoms with E-state index in [0.717, 1.165) is 0 Å². The van der Waals surface area contributed by atoms with Crippen LogP contribution in [0.25, 0.3) is 10.8 Å². The van der Waals surface area contributed by atoms with Gasteiger partial charge in [0.2, 0.25) is 0 Å². The molecule has 220 valence electrons. The summed E-state index contributed by atoms with van der Waals surface area (Å²) < 4.78 is 42.4. The van der Waals surface area contributed by atoms with E-state index in [4.69, 9.17) is 9.47 Å². The molecule has 1 aromatic heterocycles. The molecular weight excluding hydrogens is 558 g/mol. The third-order valence-electron chi connectivity index (χ3n) is 6.83. The number of hydrogen-bond donors (Lipinski definition) is 2. The quantitative estimate of drug-likeness (QED) is 0.299. The number of rotatable bonds is 9. The Hall–Kier alpha value is -4.42. The van der Waals surface area contributed by atoms with Gasteiger partial charge in [-0.2, -0.15) is 5.10 Å². The van der Waals surface area contributed by atoms with E-state index >= 15 is 0 Å². The minimum atomic E-state index is -4.13. The minimum Gasteiger partial charge on any atom is -0.495 e. The maximum absolute atomic E-state index is 13.8. The Balaban J connectivity index is 1.55. The molecule has 0 unspecified atom stereocenters. The number of fused-ring (bicyclic) bond motifs is 1. The highest BCUT2D eigenvalue weighted by Gasteiger charge is 2.26. The number of methoxy groups -OCH3 is 1. The summed E-state index contributed by atoms with van der Waals surface area (Å²) in [5.41, 5.74) is 0.810. The van der Waals surface area contributed by atoms with Crippen LogP contribution >= 0.6 is 0 Å². The average Bonchev–Trinajstić information content (AvgIpc) is 2.99. The lowest BCUT2D eigenvalue weighted by Gasteiger charge is -2.30.